The molecule has 1 unspecified atom stereocenters. The lowest BCUT2D eigenvalue weighted by molar-refractivity contribution is -0.118. The van der Waals surface area contributed by atoms with Gasteiger partial charge >= 0.3 is 0 Å². The van der Waals surface area contributed by atoms with Gasteiger partial charge in [-0.1, -0.05) is 18.2 Å². The number of carbonyl (C=O) groups is 2. The average molecular weight is 354 g/mol. The maximum absolute atomic E-state index is 12.5. The Labute approximate surface area is 152 Å². The first kappa shape index (κ1) is 17.9. The van der Waals surface area contributed by atoms with Gasteiger partial charge in [0.2, 0.25) is 0 Å². The Morgan fingerprint density at radius 3 is 2.58 bits per heavy atom. The molecule has 0 aliphatic carbocycles. The monoisotopic (exact) mass is 354 g/mol. The molecule has 0 radical (unpaired) electrons. The van der Waals surface area contributed by atoms with Crippen LogP contribution < -0.4 is 10.1 Å². The number of carbonyl (C=O) groups excluding carboxylic acids is 2. The van der Waals surface area contributed by atoms with Gasteiger partial charge in [0.05, 0.1) is 12.7 Å². The van der Waals surface area contributed by atoms with Crippen molar-refractivity contribution in [3.63, 3.8) is 0 Å². The average Bonchev–Trinajstić information content (AvgIpc) is 2.67. The van der Waals surface area contributed by atoms with E-state index in [9.17, 15) is 9.59 Å². The fourth-order valence-corrected chi connectivity index (χ4v) is 2.74. The van der Waals surface area contributed by atoms with E-state index in [-0.39, 0.29) is 24.5 Å². The Hall–Kier alpha value is -2.86. The number of ether oxygens (including phenoxy) is 2. The third-order valence-electron chi connectivity index (χ3n) is 4.06. The van der Waals surface area contributed by atoms with Crippen molar-refractivity contribution in [1.82, 2.24) is 4.90 Å². The molecule has 0 spiro atoms. The van der Waals surface area contributed by atoms with Crippen LogP contribution in [0.2, 0.25) is 0 Å². The van der Waals surface area contributed by atoms with Crippen molar-refractivity contribution in [2.24, 2.45) is 0 Å². The van der Waals surface area contributed by atoms with Gasteiger partial charge in [0.25, 0.3) is 11.8 Å². The van der Waals surface area contributed by atoms with E-state index in [1.165, 1.54) is 0 Å². The molecule has 136 valence electrons. The van der Waals surface area contributed by atoms with Gasteiger partial charge in [-0.3, -0.25) is 9.59 Å². The van der Waals surface area contributed by atoms with Gasteiger partial charge in [0.1, 0.15) is 5.75 Å². The number of para-hydroxylation sites is 1. The Morgan fingerprint density at radius 1 is 1.15 bits per heavy atom. The highest BCUT2D eigenvalue weighted by molar-refractivity contribution is 5.96. The van der Waals surface area contributed by atoms with Crippen LogP contribution in [0.1, 0.15) is 17.3 Å². The van der Waals surface area contributed by atoms with Gasteiger partial charge in [-0.05, 0) is 43.3 Å². The first-order valence-corrected chi connectivity index (χ1v) is 8.60. The number of benzene rings is 2. The SMILES string of the molecule is CC1CN(C(=O)c2ccc(NC(=O)COc3ccccc3)cc2)CCO1. The van der Waals surface area contributed by atoms with Crippen LogP contribution in [-0.2, 0) is 9.53 Å². The Balaban J connectivity index is 1.52. The number of anilines is 1. The molecule has 0 bridgehead atoms. The maximum Gasteiger partial charge on any atom is 0.262 e. The summed E-state index contributed by atoms with van der Waals surface area (Å²) in [6.07, 6.45) is 0.0517. The third kappa shape index (κ3) is 4.83. The molecule has 0 aromatic heterocycles. The molecule has 1 saturated heterocycles. The molecule has 1 N–H and O–H groups in total. The molecule has 0 saturated carbocycles. The molecule has 2 aromatic rings. The summed E-state index contributed by atoms with van der Waals surface area (Å²) >= 11 is 0. The van der Waals surface area contributed by atoms with Crippen LogP contribution in [0.25, 0.3) is 0 Å². The highest BCUT2D eigenvalue weighted by Gasteiger charge is 2.22. The van der Waals surface area contributed by atoms with Crippen molar-refractivity contribution in [2.75, 3.05) is 31.6 Å². The summed E-state index contributed by atoms with van der Waals surface area (Å²) in [5.74, 6) is 0.365. The van der Waals surface area contributed by atoms with Gasteiger partial charge in [0, 0.05) is 24.3 Å². The predicted octanol–water partition coefficient (Wildman–Crippen LogP) is 2.57. The normalized spacial score (nSPS) is 16.8. The number of hydrogen-bond acceptors (Lipinski definition) is 4. The molecule has 2 aromatic carbocycles. The lowest BCUT2D eigenvalue weighted by Crippen LogP contribution is -2.44. The summed E-state index contributed by atoms with van der Waals surface area (Å²) in [5, 5.41) is 2.76. The predicted molar refractivity (Wildman–Crippen MR) is 98.3 cm³/mol. The molecule has 1 aliphatic rings. The third-order valence-corrected chi connectivity index (χ3v) is 4.06. The molecule has 1 heterocycles. The van der Waals surface area contributed by atoms with Gasteiger partial charge in [-0.15, -0.1) is 0 Å². The van der Waals surface area contributed by atoms with E-state index in [0.717, 1.165) is 0 Å². The zero-order chi connectivity index (χ0) is 18.4. The molecule has 1 aliphatic heterocycles. The first-order chi connectivity index (χ1) is 12.6. The van der Waals surface area contributed by atoms with Crippen molar-refractivity contribution < 1.29 is 19.1 Å². The lowest BCUT2D eigenvalue weighted by atomic mass is 10.1. The van der Waals surface area contributed by atoms with Gasteiger partial charge in [-0.25, -0.2) is 0 Å². The summed E-state index contributed by atoms with van der Waals surface area (Å²) in [6, 6.07) is 16.0. The van der Waals surface area contributed by atoms with Gasteiger partial charge < -0.3 is 19.7 Å². The molecule has 26 heavy (non-hydrogen) atoms. The smallest absolute Gasteiger partial charge is 0.262 e. The van der Waals surface area contributed by atoms with E-state index >= 15 is 0 Å². The quantitative estimate of drug-likeness (QED) is 0.896. The fourth-order valence-electron chi connectivity index (χ4n) is 2.74. The van der Waals surface area contributed by atoms with Gasteiger partial charge in [0.15, 0.2) is 6.61 Å². The summed E-state index contributed by atoms with van der Waals surface area (Å²) < 4.78 is 10.9. The van der Waals surface area contributed by atoms with Crippen LogP contribution in [0.15, 0.2) is 54.6 Å². The lowest BCUT2D eigenvalue weighted by Gasteiger charge is -2.31. The van der Waals surface area contributed by atoms with Crippen molar-refractivity contribution >= 4 is 17.5 Å². The number of nitrogens with one attached hydrogen (secondary N) is 1. The fraction of sp³-hybridized carbons (Fsp3) is 0.300. The summed E-state index contributed by atoms with van der Waals surface area (Å²) in [4.78, 5) is 26.3. The molecule has 2 amide bonds. The molecular formula is C20H22N2O4. The van der Waals surface area contributed by atoms with E-state index < -0.39 is 0 Å². The molecule has 3 rings (SSSR count). The number of nitrogens with zero attached hydrogens (tertiary/aromatic N) is 1. The van der Waals surface area contributed by atoms with Crippen molar-refractivity contribution in [3.8, 4) is 5.75 Å². The van der Waals surface area contributed by atoms with E-state index in [4.69, 9.17) is 9.47 Å². The van der Waals surface area contributed by atoms with E-state index in [0.29, 0.717) is 36.7 Å². The molecule has 1 atom stereocenters. The number of hydrogen-bond donors (Lipinski definition) is 1. The Morgan fingerprint density at radius 2 is 1.88 bits per heavy atom. The Kier molecular flexibility index (Phi) is 5.86. The number of amides is 2. The maximum atomic E-state index is 12.5. The second kappa shape index (κ2) is 8.49. The zero-order valence-corrected chi connectivity index (χ0v) is 14.7. The van der Waals surface area contributed by atoms with Crippen LogP contribution in [0, 0.1) is 0 Å². The minimum Gasteiger partial charge on any atom is -0.484 e. The first-order valence-electron chi connectivity index (χ1n) is 8.60. The highest BCUT2D eigenvalue weighted by Crippen LogP contribution is 2.14. The summed E-state index contributed by atoms with van der Waals surface area (Å²) in [6.45, 7) is 3.63. The standard InChI is InChI=1S/C20H22N2O4/c1-15-13-22(11-12-25-15)20(24)16-7-9-17(10-8-16)21-19(23)14-26-18-5-3-2-4-6-18/h2-10,15H,11-14H2,1H3,(H,21,23). The minimum atomic E-state index is -0.255. The van der Waals surface area contributed by atoms with Crippen LogP contribution >= 0.6 is 0 Å². The highest BCUT2D eigenvalue weighted by atomic mass is 16.5. The van der Waals surface area contributed by atoms with Crippen molar-refractivity contribution in [3.05, 3.63) is 60.2 Å². The van der Waals surface area contributed by atoms with Crippen molar-refractivity contribution in [2.45, 2.75) is 13.0 Å². The summed E-state index contributed by atoms with van der Waals surface area (Å²) in [7, 11) is 0. The second-order valence-corrected chi connectivity index (χ2v) is 6.16. The number of rotatable bonds is 5. The van der Waals surface area contributed by atoms with Crippen LogP contribution in [-0.4, -0.2) is 49.1 Å². The van der Waals surface area contributed by atoms with Crippen molar-refractivity contribution in [1.29, 1.82) is 0 Å². The van der Waals surface area contributed by atoms with E-state index in [1.807, 2.05) is 25.1 Å². The summed E-state index contributed by atoms with van der Waals surface area (Å²) in [5.41, 5.74) is 1.22. The topological polar surface area (TPSA) is 67.9 Å². The molecule has 1 fully saturated rings. The zero-order valence-electron chi connectivity index (χ0n) is 14.7. The molecule has 6 heteroatoms. The molecular weight excluding hydrogens is 332 g/mol. The second-order valence-electron chi connectivity index (χ2n) is 6.16. The van der Waals surface area contributed by atoms with Crippen LogP contribution in [0.3, 0.4) is 0 Å². The number of morpholine rings is 1. The van der Waals surface area contributed by atoms with Crippen LogP contribution in [0.5, 0.6) is 5.75 Å². The Bertz CT molecular complexity index is 746. The van der Waals surface area contributed by atoms with Crippen LogP contribution in [0.4, 0.5) is 5.69 Å². The van der Waals surface area contributed by atoms with E-state index in [1.54, 1.807) is 41.3 Å². The minimum absolute atomic E-state index is 0.0227. The largest absolute Gasteiger partial charge is 0.484 e. The van der Waals surface area contributed by atoms with E-state index in [2.05, 4.69) is 5.32 Å². The molecule has 6 nitrogen and oxygen atoms in total. The van der Waals surface area contributed by atoms with Gasteiger partial charge in [-0.2, -0.15) is 0 Å².